The smallest absolute Gasteiger partial charge is 0.272 e. The maximum absolute atomic E-state index is 13.4. The lowest BCUT2D eigenvalue weighted by Crippen LogP contribution is -2.31. The Bertz CT molecular complexity index is 464. The topological polar surface area (TPSA) is 55.2 Å². The van der Waals surface area contributed by atoms with Crippen molar-refractivity contribution in [1.82, 2.24) is 5.32 Å². The van der Waals surface area contributed by atoms with Gasteiger partial charge in [0.15, 0.2) is 0 Å². The lowest BCUT2D eigenvalue weighted by atomic mass is 9.97. The second-order valence-electron chi connectivity index (χ2n) is 5.89. The van der Waals surface area contributed by atoms with Crippen molar-refractivity contribution in [2.24, 2.45) is 5.92 Å². The molecule has 1 rings (SSSR count). The van der Waals surface area contributed by atoms with Crippen molar-refractivity contribution in [1.29, 1.82) is 0 Å². The van der Waals surface area contributed by atoms with E-state index < -0.39 is 10.7 Å². The molecule has 118 valence electrons. The Balaban J connectivity index is 2.67. The first kappa shape index (κ1) is 17.6. The molecule has 0 bridgehead atoms. The summed E-state index contributed by atoms with van der Waals surface area (Å²) in [5, 5.41) is 14.3. The molecular weight excluding hydrogens is 271 g/mol. The summed E-state index contributed by atoms with van der Waals surface area (Å²) in [6.45, 7) is 7.43. The fourth-order valence-electron chi connectivity index (χ4n) is 2.44. The van der Waals surface area contributed by atoms with E-state index in [9.17, 15) is 14.5 Å². The molecule has 0 spiro atoms. The normalized spacial score (nSPS) is 12.6. The molecule has 1 unspecified atom stereocenters. The van der Waals surface area contributed by atoms with Crippen molar-refractivity contribution in [3.63, 3.8) is 0 Å². The molecule has 0 saturated heterocycles. The molecule has 1 atom stereocenters. The first-order chi connectivity index (χ1) is 9.92. The van der Waals surface area contributed by atoms with Gasteiger partial charge in [-0.15, -0.1) is 0 Å². The van der Waals surface area contributed by atoms with E-state index in [0.717, 1.165) is 31.9 Å². The highest BCUT2D eigenvalue weighted by Gasteiger charge is 2.13. The Hall–Kier alpha value is -1.49. The van der Waals surface area contributed by atoms with E-state index in [1.54, 1.807) is 0 Å². The lowest BCUT2D eigenvalue weighted by Gasteiger charge is -2.20. The van der Waals surface area contributed by atoms with Crippen molar-refractivity contribution in [3.8, 4) is 0 Å². The highest BCUT2D eigenvalue weighted by Crippen LogP contribution is 2.19. The Morgan fingerprint density at radius 3 is 2.62 bits per heavy atom. The Labute approximate surface area is 125 Å². The Morgan fingerprint density at radius 1 is 1.33 bits per heavy atom. The number of nitro benzene ring substituents is 1. The molecular formula is C16H25FN2O2. The van der Waals surface area contributed by atoms with Gasteiger partial charge < -0.3 is 5.32 Å². The highest BCUT2D eigenvalue weighted by atomic mass is 19.1. The van der Waals surface area contributed by atoms with Crippen LogP contribution in [0.15, 0.2) is 18.2 Å². The molecule has 0 aromatic heterocycles. The molecule has 1 N–H and O–H groups in total. The quantitative estimate of drug-likeness (QED) is 0.552. The van der Waals surface area contributed by atoms with Crippen LogP contribution < -0.4 is 5.32 Å². The van der Waals surface area contributed by atoms with Gasteiger partial charge >= 0.3 is 0 Å². The number of non-ortho nitro benzene ring substituents is 1. The van der Waals surface area contributed by atoms with Crippen LogP contribution in [0, 0.1) is 21.8 Å². The van der Waals surface area contributed by atoms with Crippen molar-refractivity contribution in [3.05, 3.63) is 39.7 Å². The Morgan fingerprint density at radius 2 is 2.05 bits per heavy atom. The minimum absolute atomic E-state index is 0.174. The molecule has 0 radical (unpaired) electrons. The zero-order chi connectivity index (χ0) is 15.8. The highest BCUT2D eigenvalue weighted by molar-refractivity contribution is 5.35. The van der Waals surface area contributed by atoms with Gasteiger partial charge in [-0.3, -0.25) is 10.1 Å². The number of nitrogens with zero attached hydrogens (tertiary/aromatic N) is 1. The minimum atomic E-state index is -0.548. The predicted octanol–water partition coefficient (Wildman–Crippen LogP) is 4.08. The minimum Gasteiger partial charge on any atom is -0.314 e. The van der Waals surface area contributed by atoms with Crippen LogP contribution in [0.4, 0.5) is 10.1 Å². The Kier molecular flexibility index (Phi) is 7.29. The summed E-state index contributed by atoms with van der Waals surface area (Å²) in [6.07, 6.45) is 3.63. The van der Waals surface area contributed by atoms with E-state index in [1.807, 2.05) is 0 Å². The van der Waals surface area contributed by atoms with Gasteiger partial charge in [0.25, 0.3) is 5.69 Å². The molecule has 1 aromatic rings. The van der Waals surface area contributed by atoms with Crippen LogP contribution >= 0.6 is 0 Å². The molecule has 0 aliphatic heterocycles. The van der Waals surface area contributed by atoms with E-state index in [1.165, 1.54) is 12.1 Å². The summed E-state index contributed by atoms with van der Waals surface area (Å²) >= 11 is 0. The van der Waals surface area contributed by atoms with Crippen LogP contribution in [0.5, 0.6) is 0 Å². The van der Waals surface area contributed by atoms with Gasteiger partial charge in [0.05, 0.1) is 11.0 Å². The third-order valence-corrected chi connectivity index (χ3v) is 3.37. The van der Waals surface area contributed by atoms with E-state index in [0.29, 0.717) is 23.9 Å². The number of halogens is 1. The molecule has 1 aromatic carbocycles. The number of nitro groups is 1. The van der Waals surface area contributed by atoms with Gasteiger partial charge in [-0.05, 0) is 49.8 Å². The molecule has 0 heterocycles. The van der Waals surface area contributed by atoms with Crippen LogP contribution in [0.3, 0.4) is 0 Å². The average molecular weight is 296 g/mol. The summed E-state index contributed by atoms with van der Waals surface area (Å²) in [6, 6.07) is 4.19. The number of benzene rings is 1. The molecule has 0 aliphatic carbocycles. The third kappa shape index (κ3) is 6.67. The summed E-state index contributed by atoms with van der Waals surface area (Å²) in [4.78, 5) is 10.2. The third-order valence-electron chi connectivity index (χ3n) is 3.37. The number of hydrogen-bond donors (Lipinski definition) is 1. The van der Waals surface area contributed by atoms with E-state index in [2.05, 4.69) is 26.1 Å². The van der Waals surface area contributed by atoms with Crippen LogP contribution in [0.2, 0.25) is 0 Å². The van der Waals surface area contributed by atoms with Crippen molar-refractivity contribution in [2.45, 2.75) is 52.5 Å². The largest absolute Gasteiger partial charge is 0.314 e. The molecule has 0 aliphatic rings. The molecule has 0 amide bonds. The molecule has 21 heavy (non-hydrogen) atoms. The van der Waals surface area contributed by atoms with Gasteiger partial charge in [0.1, 0.15) is 5.82 Å². The summed E-state index contributed by atoms with van der Waals surface area (Å²) < 4.78 is 13.4. The van der Waals surface area contributed by atoms with Crippen molar-refractivity contribution < 1.29 is 9.31 Å². The van der Waals surface area contributed by atoms with Crippen molar-refractivity contribution >= 4 is 5.69 Å². The lowest BCUT2D eigenvalue weighted by molar-refractivity contribution is -0.385. The predicted molar refractivity (Wildman–Crippen MR) is 82.9 cm³/mol. The molecule has 0 saturated carbocycles. The van der Waals surface area contributed by atoms with Crippen LogP contribution in [-0.2, 0) is 6.42 Å². The zero-order valence-corrected chi connectivity index (χ0v) is 13.1. The number of nitrogens with one attached hydrogen (secondary N) is 1. The summed E-state index contributed by atoms with van der Waals surface area (Å²) in [5.41, 5.74) is 0.515. The first-order valence-corrected chi connectivity index (χ1v) is 7.59. The fourth-order valence-corrected chi connectivity index (χ4v) is 2.44. The number of hydrogen-bond acceptors (Lipinski definition) is 3. The fraction of sp³-hybridized carbons (Fsp3) is 0.625. The van der Waals surface area contributed by atoms with Crippen LogP contribution in [-0.4, -0.2) is 17.5 Å². The molecule has 0 fully saturated rings. The monoisotopic (exact) mass is 296 g/mol. The van der Waals surface area contributed by atoms with E-state index >= 15 is 0 Å². The van der Waals surface area contributed by atoms with E-state index in [-0.39, 0.29) is 5.69 Å². The van der Waals surface area contributed by atoms with Gasteiger partial charge in [0.2, 0.25) is 0 Å². The molecule has 4 nitrogen and oxygen atoms in total. The number of aryl methyl sites for hydroxylation is 1. The maximum Gasteiger partial charge on any atom is 0.272 e. The summed E-state index contributed by atoms with van der Waals surface area (Å²) in [5.74, 6) is 0.0438. The first-order valence-electron chi connectivity index (χ1n) is 7.59. The average Bonchev–Trinajstić information content (AvgIpc) is 2.40. The van der Waals surface area contributed by atoms with Crippen molar-refractivity contribution in [2.75, 3.05) is 6.54 Å². The van der Waals surface area contributed by atoms with Gasteiger partial charge in [-0.1, -0.05) is 20.8 Å². The second-order valence-corrected chi connectivity index (χ2v) is 5.89. The van der Waals surface area contributed by atoms with E-state index in [4.69, 9.17) is 0 Å². The maximum atomic E-state index is 13.4. The van der Waals surface area contributed by atoms with Gasteiger partial charge in [0, 0.05) is 12.1 Å². The van der Waals surface area contributed by atoms with Gasteiger partial charge in [-0.2, -0.15) is 0 Å². The SMILES string of the molecule is CCCNC(CCc1cc(F)cc([N+](=O)[O-])c1)CC(C)C. The zero-order valence-electron chi connectivity index (χ0n) is 13.1. The van der Waals surface area contributed by atoms with Gasteiger partial charge in [-0.25, -0.2) is 4.39 Å². The van der Waals surface area contributed by atoms with Crippen LogP contribution in [0.25, 0.3) is 0 Å². The molecule has 5 heteroatoms. The second kappa shape index (κ2) is 8.72. The summed E-state index contributed by atoms with van der Waals surface area (Å²) in [7, 11) is 0. The standard InChI is InChI=1S/C16H25FN2O2/c1-4-7-18-15(8-12(2)3)6-5-13-9-14(17)11-16(10-13)19(20)21/h9-12,15,18H,4-8H2,1-3H3. The number of rotatable bonds is 9. The van der Waals surface area contributed by atoms with Crippen LogP contribution in [0.1, 0.15) is 45.6 Å².